The summed E-state index contributed by atoms with van der Waals surface area (Å²) >= 11 is 0. The minimum absolute atomic E-state index is 0.0518. The molecule has 0 aromatic carbocycles. The monoisotopic (exact) mass is 331 g/mol. The van der Waals surface area contributed by atoms with Crippen LogP contribution in [0.25, 0.3) is 0 Å². The molecule has 1 saturated heterocycles. The maximum Gasteiger partial charge on any atom is 0.143 e. The average Bonchev–Trinajstić information content (AvgIpc) is 3.33. The molecule has 3 aliphatic carbocycles. The molecule has 2 bridgehead atoms. The highest BCUT2D eigenvalue weighted by atomic mass is 16.5. The molecule has 0 aromatic heterocycles. The third-order valence-corrected chi connectivity index (χ3v) is 7.05. The van der Waals surface area contributed by atoms with E-state index in [0.29, 0.717) is 12.1 Å². The van der Waals surface area contributed by atoms with E-state index in [2.05, 4.69) is 24.1 Å². The largest absolute Gasteiger partial charge is 0.371 e. The number of fused-ring (bicyclic) bond motifs is 1. The van der Waals surface area contributed by atoms with Crippen LogP contribution in [0.4, 0.5) is 0 Å². The lowest BCUT2D eigenvalue weighted by molar-refractivity contribution is -0.0643. The summed E-state index contributed by atoms with van der Waals surface area (Å²) in [4.78, 5) is 0. The van der Waals surface area contributed by atoms with E-state index in [1.807, 2.05) is 0 Å². The molecule has 3 heteroatoms. The Balaban J connectivity index is 1.58. The fraction of sp³-hybridized carbons (Fsp3) is 0.905. The molecule has 3 fully saturated rings. The summed E-state index contributed by atoms with van der Waals surface area (Å²) in [6, 6.07) is 0.640. The van der Waals surface area contributed by atoms with Crippen LogP contribution in [-0.4, -0.2) is 38.0 Å². The van der Waals surface area contributed by atoms with Gasteiger partial charge in [0.05, 0.1) is 12.2 Å². The van der Waals surface area contributed by atoms with Gasteiger partial charge in [-0.15, -0.1) is 5.92 Å². The van der Waals surface area contributed by atoms with Crippen LogP contribution in [0.5, 0.6) is 0 Å². The predicted octanol–water partition coefficient (Wildman–Crippen LogP) is 3.52. The summed E-state index contributed by atoms with van der Waals surface area (Å²) in [5.41, 5.74) is 0.285. The van der Waals surface area contributed by atoms with Crippen molar-refractivity contribution in [3.05, 3.63) is 0 Å². The maximum atomic E-state index is 6.51. The molecule has 1 heterocycles. The minimum Gasteiger partial charge on any atom is -0.371 e. The van der Waals surface area contributed by atoms with Crippen molar-refractivity contribution in [3.63, 3.8) is 0 Å². The van der Waals surface area contributed by atoms with Crippen molar-refractivity contribution >= 4 is 0 Å². The van der Waals surface area contributed by atoms with E-state index in [9.17, 15) is 0 Å². The van der Waals surface area contributed by atoms with Gasteiger partial charge in [0.15, 0.2) is 0 Å². The van der Waals surface area contributed by atoms with Crippen molar-refractivity contribution in [2.45, 2.75) is 89.1 Å². The normalized spacial score (nSPS) is 45.2. The Labute approximate surface area is 147 Å². The molecule has 24 heavy (non-hydrogen) atoms. The van der Waals surface area contributed by atoms with E-state index in [1.165, 1.54) is 51.5 Å². The van der Waals surface area contributed by atoms with Crippen molar-refractivity contribution in [2.75, 3.05) is 13.7 Å². The van der Waals surface area contributed by atoms with Crippen molar-refractivity contribution in [1.29, 1.82) is 0 Å². The van der Waals surface area contributed by atoms with Crippen molar-refractivity contribution < 1.29 is 9.47 Å². The molecule has 4 rings (SSSR count). The zero-order chi connectivity index (χ0) is 16.6. The molecule has 134 valence electrons. The van der Waals surface area contributed by atoms with Gasteiger partial charge in [0.2, 0.25) is 0 Å². The summed E-state index contributed by atoms with van der Waals surface area (Å²) in [6.45, 7) is 3.71. The molecule has 3 nitrogen and oxygen atoms in total. The Bertz CT molecular complexity index is 506. The second-order valence-corrected chi connectivity index (χ2v) is 8.74. The number of hydrogen-bond acceptors (Lipinski definition) is 3. The van der Waals surface area contributed by atoms with Crippen molar-refractivity contribution in [3.8, 4) is 11.8 Å². The first-order valence-corrected chi connectivity index (χ1v) is 10.1. The SMILES string of the molecule is COC1C#CCCC[C@H](NCC2CC2)C2CCCC3OC1CC32C. The van der Waals surface area contributed by atoms with Crippen LogP contribution in [0.15, 0.2) is 0 Å². The Morgan fingerprint density at radius 1 is 1.17 bits per heavy atom. The molecule has 0 aromatic rings. The molecule has 6 atom stereocenters. The van der Waals surface area contributed by atoms with Gasteiger partial charge >= 0.3 is 0 Å². The zero-order valence-corrected chi connectivity index (χ0v) is 15.4. The minimum atomic E-state index is -0.0518. The lowest BCUT2D eigenvalue weighted by atomic mass is 9.61. The lowest BCUT2D eigenvalue weighted by Crippen LogP contribution is -2.50. The van der Waals surface area contributed by atoms with Gasteiger partial charge in [-0.2, -0.15) is 0 Å². The summed E-state index contributed by atoms with van der Waals surface area (Å²) in [5.74, 6) is 8.39. The zero-order valence-electron chi connectivity index (χ0n) is 15.4. The van der Waals surface area contributed by atoms with Gasteiger partial charge in [-0.3, -0.25) is 0 Å². The van der Waals surface area contributed by atoms with E-state index < -0.39 is 0 Å². The quantitative estimate of drug-likeness (QED) is 0.800. The Kier molecular flexibility index (Phi) is 4.91. The van der Waals surface area contributed by atoms with E-state index in [0.717, 1.165) is 24.7 Å². The smallest absolute Gasteiger partial charge is 0.143 e. The fourth-order valence-electron chi connectivity index (χ4n) is 5.43. The molecule has 5 unspecified atom stereocenters. The van der Waals surface area contributed by atoms with E-state index in [4.69, 9.17) is 9.47 Å². The third-order valence-electron chi connectivity index (χ3n) is 7.05. The molecule has 4 aliphatic rings. The number of rotatable bonds is 4. The van der Waals surface area contributed by atoms with Gasteiger partial charge in [-0.25, -0.2) is 0 Å². The van der Waals surface area contributed by atoms with Crippen LogP contribution >= 0.6 is 0 Å². The summed E-state index contributed by atoms with van der Waals surface area (Å²) in [5, 5.41) is 3.97. The number of methoxy groups -OCH3 is 1. The molecule has 0 spiro atoms. The van der Waals surface area contributed by atoms with Crippen LogP contribution in [0, 0.1) is 29.1 Å². The number of nitrogens with one attached hydrogen (secondary N) is 1. The first-order valence-electron chi connectivity index (χ1n) is 10.1. The average molecular weight is 332 g/mol. The van der Waals surface area contributed by atoms with Crippen molar-refractivity contribution in [2.24, 2.45) is 17.3 Å². The van der Waals surface area contributed by atoms with Crippen molar-refractivity contribution in [1.82, 2.24) is 5.32 Å². The fourth-order valence-corrected chi connectivity index (χ4v) is 5.43. The number of hydrogen-bond donors (Lipinski definition) is 1. The first-order chi connectivity index (χ1) is 11.7. The van der Waals surface area contributed by atoms with Gasteiger partial charge in [-0.05, 0) is 63.3 Å². The second kappa shape index (κ2) is 6.98. The molecule has 2 saturated carbocycles. The highest BCUT2D eigenvalue weighted by Gasteiger charge is 2.54. The number of ether oxygens (including phenoxy) is 2. The van der Waals surface area contributed by atoms with Crippen LogP contribution in [0.3, 0.4) is 0 Å². The molecular weight excluding hydrogens is 298 g/mol. The third kappa shape index (κ3) is 3.26. The Morgan fingerprint density at radius 2 is 2.04 bits per heavy atom. The Hall–Kier alpha value is -0.560. The second-order valence-electron chi connectivity index (χ2n) is 8.74. The molecular formula is C21H33NO2. The molecule has 1 aliphatic heterocycles. The maximum absolute atomic E-state index is 6.51. The van der Waals surface area contributed by atoms with Gasteiger partial charge < -0.3 is 14.8 Å². The van der Waals surface area contributed by atoms with E-state index in [1.54, 1.807) is 7.11 Å². The van der Waals surface area contributed by atoms with Crippen LogP contribution in [0.2, 0.25) is 0 Å². The van der Waals surface area contributed by atoms with Gasteiger partial charge in [0.1, 0.15) is 6.10 Å². The van der Waals surface area contributed by atoms with E-state index in [-0.39, 0.29) is 17.6 Å². The van der Waals surface area contributed by atoms with Gasteiger partial charge in [-0.1, -0.05) is 19.3 Å². The predicted molar refractivity (Wildman–Crippen MR) is 95.7 cm³/mol. The summed E-state index contributed by atoms with van der Waals surface area (Å²) in [7, 11) is 1.78. The van der Waals surface area contributed by atoms with Crippen LogP contribution in [-0.2, 0) is 9.47 Å². The lowest BCUT2D eigenvalue weighted by Gasteiger charge is -2.46. The summed E-state index contributed by atoms with van der Waals surface area (Å²) < 4.78 is 12.2. The highest BCUT2D eigenvalue weighted by Crippen LogP contribution is 2.53. The molecule has 0 amide bonds. The standard InChI is InChI=1S/C21H33NO2/c1-21-13-19-18(23-2)9-5-3-4-8-17(22-14-15-11-12-15)16(21)7-6-10-20(21)24-19/h15-20,22H,3-4,6-8,10-14H2,1-2H3/t16?,17-,18?,19?,20?,21?/m0/s1. The van der Waals surface area contributed by atoms with Crippen LogP contribution in [0.1, 0.15) is 64.7 Å². The van der Waals surface area contributed by atoms with Gasteiger partial charge in [0, 0.05) is 25.0 Å². The van der Waals surface area contributed by atoms with Gasteiger partial charge in [0.25, 0.3) is 0 Å². The summed E-state index contributed by atoms with van der Waals surface area (Å²) in [6.07, 6.45) is 11.8. The highest BCUT2D eigenvalue weighted by molar-refractivity contribution is 5.13. The Morgan fingerprint density at radius 3 is 2.83 bits per heavy atom. The van der Waals surface area contributed by atoms with E-state index >= 15 is 0 Å². The van der Waals surface area contributed by atoms with Crippen LogP contribution < -0.4 is 5.32 Å². The molecule has 0 radical (unpaired) electrons. The molecule has 1 N–H and O–H groups in total. The topological polar surface area (TPSA) is 30.5 Å². The first kappa shape index (κ1) is 16.9.